The molecule has 1 amide bonds. The summed E-state index contributed by atoms with van der Waals surface area (Å²) in [5.74, 6) is 0.784. The number of amides is 1. The standard InChI is InChI=1S/C13H16BrNO4/c1-18-4-5-19-10-6-9-2-3-15(13(16)17)8-11(9)12(14)7-10/h6-7H,2-5,8H2,1H3,(H,16,17). The van der Waals surface area contributed by atoms with Gasteiger partial charge in [0.25, 0.3) is 0 Å². The van der Waals surface area contributed by atoms with Crippen molar-refractivity contribution in [1.82, 2.24) is 4.90 Å². The molecule has 0 aromatic heterocycles. The van der Waals surface area contributed by atoms with Gasteiger partial charge in [0.1, 0.15) is 12.4 Å². The molecule has 0 bridgehead atoms. The molecule has 0 fully saturated rings. The van der Waals surface area contributed by atoms with E-state index in [4.69, 9.17) is 14.6 Å². The highest BCUT2D eigenvalue weighted by Crippen LogP contribution is 2.31. The lowest BCUT2D eigenvalue weighted by Crippen LogP contribution is -2.34. The van der Waals surface area contributed by atoms with E-state index in [2.05, 4.69) is 15.9 Å². The normalized spacial score (nSPS) is 14.1. The van der Waals surface area contributed by atoms with Crippen LogP contribution in [0.1, 0.15) is 11.1 Å². The first kappa shape index (κ1) is 14.1. The predicted octanol–water partition coefficient (Wildman–Crippen LogP) is 2.51. The molecule has 1 aromatic rings. The van der Waals surface area contributed by atoms with Crippen LogP contribution in [0.25, 0.3) is 0 Å². The number of hydrogen-bond acceptors (Lipinski definition) is 3. The predicted molar refractivity (Wildman–Crippen MR) is 73.7 cm³/mol. The van der Waals surface area contributed by atoms with Crippen molar-refractivity contribution in [3.05, 3.63) is 27.7 Å². The smallest absolute Gasteiger partial charge is 0.407 e. The molecular weight excluding hydrogens is 314 g/mol. The van der Waals surface area contributed by atoms with E-state index in [0.717, 1.165) is 21.3 Å². The van der Waals surface area contributed by atoms with Gasteiger partial charge in [0, 0.05) is 18.1 Å². The minimum atomic E-state index is -0.877. The third-order valence-electron chi connectivity index (χ3n) is 3.09. The highest BCUT2D eigenvalue weighted by atomic mass is 79.9. The number of ether oxygens (including phenoxy) is 2. The Bertz CT molecular complexity index is 478. The molecule has 1 N–H and O–H groups in total. The summed E-state index contributed by atoms with van der Waals surface area (Å²) in [6.45, 7) is 1.99. The molecule has 1 aliphatic rings. The highest BCUT2D eigenvalue weighted by molar-refractivity contribution is 9.10. The molecule has 19 heavy (non-hydrogen) atoms. The first-order valence-corrected chi connectivity index (χ1v) is 6.82. The van der Waals surface area contributed by atoms with Crippen LogP contribution >= 0.6 is 15.9 Å². The lowest BCUT2D eigenvalue weighted by atomic mass is 10.00. The second kappa shape index (κ2) is 6.25. The fraction of sp³-hybridized carbons (Fsp3) is 0.462. The van der Waals surface area contributed by atoms with Gasteiger partial charge < -0.3 is 19.5 Å². The lowest BCUT2D eigenvalue weighted by Gasteiger charge is -2.27. The SMILES string of the molecule is COCCOc1cc(Br)c2c(c1)CCN(C(=O)O)C2. The number of benzene rings is 1. The molecule has 1 heterocycles. The Balaban J connectivity index is 2.14. The Labute approximate surface area is 120 Å². The summed E-state index contributed by atoms with van der Waals surface area (Å²) in [6.07, 6.45) is -0.167. The number of carboxylic acid groups (broad SMARTS) is 1. The van der Waals surface area contributed by atoms with E-state index in [-0.39, 0.29) is 0 Å². The zero-order valence-electron chi connectivity index (χ0n) is 10.7. The van der Waals surface area contributed by atoms with E-state index in [9.17, 15) is 4.79 Å². The maximum absolute atomic E-state index is 11.0. The van der Waals surface area contributed by atoms with E-state index in [1.54, 1.807) is 7.11 Å². The molecule has 0 atom stereocenters. The molecule has 1 aliphatic heterocycles. The van der Waals surface area contributed by atoms with Crippen LogP contribution in [0.15, 0.2) is 16.6 Å². The van der Waals surface area contributed by atoms with Crippen molar-refractivity contribution in [1.29, 1.82) is 0 Å². The van der Waals surface area contributed by atoms with Gasteiger partial charge in [0.2, 0.25) is 0 Å². The van der Waals surface area contributed by atoms with Crippen LogP contribution in [-0.4, -0.2) is 43.0 Å². The van der Waals surface area contributed by atoms with Crippen LogP contribution < -0.4 is 4.74 Å². The number of rotatable bonds is 4. The largest absolute Gasteiger partial charge is 0.491 e. The second-order valence-electron chi connectivity index (χ2n) is 4.34. The molecule has 104 valence electrons. The summed E-state index contributed by atoms with van der Waals surface area (Å²) in [7, 11) is 1.63. The van der Waals surface area contributed by atoms with Crippen molar-refractivity contribution in [2.45, 2.75) is 13.0 Å². The van der Waals surface area contributed by atoms with Crippen LogP contribution in [-0.2, 0) is 17.7 Å². The summed E-state index contributed by atoms with van der Waals surface area (Å²) in [4.78, 5) is 12.4. The van der Waals surface area contributed by atoms with Crippen molar-refractivity contribution >= 4 is 22.0 Å². The molecule has 0 aliphatic carbocycles. The summed E-state index contributed by atoms with van der Waals surface area (Å²) >= 11 is 3.49. The molecule has 2 rings (SSSR count). The summed E-state index contributed by atoms with van der Waals surface area (Å²) in [5.41, 5.74) is 2.16. The highest BCUT2D eigenvalue weighted by Gasteiger charge is 2.22. The van der Waals surface area contributed by atoms with Gasteiger partial charge >= 0.3 is 6.09 Å². The number of hydrogen-bond donors (Lipinski definition) is 1. The van der Waals surface area contributed by atoms with Gasteiger partial charge in [-0.15, -0.1) is 0 Å². The van der Waals surface area contributed by atoms with Crippen LogP contribution in [0, 0.1) is 0 Å². The van der Waals surface area contributed by atoms with Gasteiger partial charge in [-0.1, -0.05) is 15.9 Å². The quantitative estimate of drug-likeness (QED) is 0.862. The van der Waals surface area contributed by atoms with Gasteiger partial charge in [-0.2, -0.15) is 0 Å². The Morgan fingerprint density at radius 2 is 2.26 bits per heavy atom. The Morgan fingerprint density at radius 1 is 1.47 bits per heavy atom. The molecule has 5 nitrogen and oxygen atoms in total. The molecule has 0 saturated carbocycles. The van der Waals surface area contributed by atoms with Crippen molar-refractivity contribution in [2.24, 2.45) is 0 Å². The summed E-state index contributed by atoms with van der Waals surface area (Å²) < 4.78 is 11.4. The minimum absolute atomic E-state index is 0.420. The summed E-state index contributed by atoms with van der Waals surface area (Å²) in [5, 5.41) is 9.02. The second-order valence-corrected chi connectivity index (χ2v) is 5.19. The van der Waals surface area contributed by atoms with Crippen molar-refractivity contribution in [3.63, 3.8) is 0 Å². The molecule has 6 heteroatoms. The number of methoxy groups -OCH3 is 1. The number of nitrogens with zero attached hydrogens (tertiary/aromatic N) is 1. The maximum Gasteiger partial charge on any atom is 0.407 e. The molecule has 0 radical (unpaired) electrons. The number of fused-ring (bicyclic) bond motifs is 1. The van der Waals surface area contributed by atoms with E-state index >= 15 is 0 Å². The molecular formula is C13H16BrNO4. The topological polar surface area (TPSA) is 59.0 Å². The van der Waals surface area contributed by atoms with Crippen molar-refractivity contribution in [2.75, 3.05) is 26.9 Å². The zero-order valence-corrected chi connectivity index (χ0v) is 12.3. The zero-order chi connectivity index (χ0) is 13.8. The average Bonchev–Trinajstić information content (AvgIpc) is 2.38. The number of halogens is 1. The van der Waals surface area contributed by atoms with Crippen molar-refractivity contribution in [3.8, 4) is 5.75 Å². The molecule has 0 spiro atoms. The van der Waals surface area contributed by atoms with E-state index in [0.29, 0.717) is 32.7 Å². The Hall–Kier alpha value is -1.27. The first-order chi connectivity index (χ1) is 9.11. The fourth-order valence-corrected chi connectivity index (χ4v) is 2.69. The lowest BCUT2D eigenvalue weighted by molar-refractivity contribution is 0.139. The molecule has 0 unspecified atom stereocenters. The van der Waals surface area contributed by atoms with Crippen LogP contribution in [0.4, 0.5) is 4.79 Å². The fourth-order valence-electron chi connectivity index (χ4n) is 2.08. The minimum Gasteiger partial charge on any atom is -0.491 e. The van der Waals surface area contributed by atoms with Crippen molar-refractivity contribution < 1.29 is 19.4 Å². The van der Waals surface area contributed by atoms with Crippen LogP contribution in [0.3, 0.4) is 0 Å². The third-order valence-corrected chi connectivity index (χ3v) is 3.80. The van der Waals surface area contributed by atoms with Gasteiger partial charge in [0.05, 0.1) is 13.2 Å². The maximum atomic E-state index is 11.0. The first-order valence-electron chi connectivity index (χ1n) is 6.02. The van der Waals surface area contributed by atoms with Crippen LogP contribution in [0.2, 0.25) is 0 Å². The van der Waals surface area contributed by atoms with E-state index in [1.807, 2.05) is 12.1 Å². The molecule has 1 aromatic carbocycles. The van der Waals surface area contributed by atoms with E-state index < -0.39 is 6.09 Å². The Kier molecular flexibility index (Phi) is 4.66. The molecule has 0 saturated heterocycles. The van der Waals surface area contributed by atoms with Gasteiger partial charge in [-0.25, -0.2) is 4.79 Å². The van der Waals surface area contributed by atoms with Gasteiger partial charge in [-0.05, 0) is 29.7 Å². The van der Waals surface area contributed by atoms with Crippen LogP contribution in [0.5, 0.6) is 5.75 Å². The summed E-state index contributed by atoms with van der Waals surface area (Å²) in [6, 6.07) is 3.86. The van der Waals surface area contributed by atoms with Gasteiger partial charge in [0.15, 0.2) is 0 Å². The number of carbonyl (C=O) groups is 1. The Morgan fingerprint density at radius 3 is 2.95 bits per heavy atom. The monoisotopic (exact) mass is 329 g/mol. The average molecular weight is 330 g/mol. The third kappa shape index (κ3) is 3.39. The van der Waals surface area contributed by atoms with Gasteiger partial charge in [-0.3, -0.25) is 0 Å². The van der Waals surface area contributed by atoms with E-state index in [1.165, 1.54) is 4.90 Å².